The van der Waals surface area contributed by atoms with Gasteiger partial charge in [-0.25, -0.2) is 4.79 Å². The summed E-state index contributed by atoms with van der Waals surface area (Å²) in [7, 11) is 1.66. The van der Waals surface area contributed by atoms with Crippen molar-refractivity contribution >= 4 is 6.03 Å². The molecule has 120 valence electrons. The summed E-state index contributed by atoms with van der Waals surface area (Å²) < 4.78 is 6.89. The van der Waals surface area contributed by atoms with Crippen LogP contribution in [0.3, 0.4) is 0 Å². The number of nitrogens with zero attached hydrogens (tertiary/aromatic N) is 2. The summed E-state index contributed by atoms with van der Waals surface area (Å²) in [6.45, 7) is 3.30. The quantitative estimate of drug-likeness (QED) is 0.947. The van der Waals surface area contributed by atoms with Crippen LogP contribution in [0.2, 0.25) is 0 Å². The fourth-order valence-corrected chi connectivity index (χ4v) is 3.68. The van der Waals surface area contributed by atoms with Gasteiger partial charge in [0.2, 0.25) is 0 Å². The number of carbonyl (C=O) groups excluding carboxylic acids is 1. The predicted molar refractivity (Wildman–Crippen MR) is 88.7 cm³/mol. The minimum absolute atomic E-state index is 0.0436. The standard InChI is InChI=1S/C18H21N3O2/c1-23-16-4-2-3-13(9-16)14-6-8-21(11-14)18(22)19-17-12-20-7-5-15(17)10-20/h2-4,6,8-9,11,15,17H,5,7,10,12H2,1H3,(H,19,22)/t15-,17?/m0/s1. The summed E-state index contributed by atoms with van der Waals surface area (Å²) in [6, 6.07) is 10.1. The molecule has 2 saturated heterocycles. The third-order valence-corrected chi connectivity index (χ3v) is 4.97. The van der Waals surface area contributed by atoms with E-state index in [4.69, 9.17) is 4.74 Å². The zero-order valence-electron chi connectivity index (χ0n) is 13.2. The van der Waals surface area contributed by atoms with E-state index in [1.807, 2.05) is 42.7 Å². The molecule has 5 nitrogen and oxygen atoms in total. The molecule has 4 rings (SSSR count). The molecule has 0 saturated carbocycles. The maximum Gasteiger partial charge on any atom is 0.325 e. The number of carbonyl (C=O) groups is 1. The number of hydrogen-bond acceptors (Lipinski definition) is 3. The van der Waals surface area contributed by atoms with E-state index in [9.17, 15) is 4.79 Å². The lowest BCUT2D eigenvalue weighted by Gasteiger charge is -2.23. The molecule has 1 amide bonds. The molecular weight excluding hydrogens is 290 g/mol. The van der Waals surface area contributed by atoms with Crippen molar-refractivity contribution in [2.45, 2.75) is 12.5 Å². The molecule has 2 aliphatic heterocycles. The lowest BCUT2D eigenvalue weighted by molar-refractivity contribution is 0.231. The Kier molecular flexibility index (Phi) is 3.58. The molecule has 0 aliphatic carbocycles. The van der Waals surface area contributed by atoms with E-state index in [-0.39, 0.29) is 6.03 Å². The summed E-state index contributed by atoms with van der Waals surface area (Å²) in [5, 5.41) is 3.17. The van der Waals surface area contributed by atoms with Crippen molar-refractivity contribution in [1.29, 1.82) is 0 Å². The molecule has 3 heterocycles. The van der Waals surface area contributed by atoms with Crippen LogP contribution in [0.4, 0.5) is 4.79 Å². The summed E-state index contributed by atoms with van der Waals surface area (Å²) >= 11 is 0. The van der Waals surface area contributed by atoms with Gasteiger partial charge in [0.1, 0.15) is 5.75 Å². The minimum Gasteiger partial charge on any atom is -0.497 e. The Balaban J connectivity index is 1.47. The number of piperidine rings is 1. The van der Waals surface area contributed by atoms with Crippen molar-refractivity contribution in [3.05, 3.63) is 42.7 Å². The average Bonchev–Trinajstić information content (AvgIpc) is 3.31. The van der Waals surface area contributed by atoms with Crippen molar-refractivity contribution in [2.75, 3.05) is 26.7 Å². The maximum atomic E-state index is 12.5. The van der Waals surface area contributed by atoms with E-state index in [0.717, 1.165) is 30.0 Å². The largest absolute Gasteiger partial charge is 0.497 e. The van der Waals surface area contributed by atoms with Crippen LogP contribution in [0.1, 0.15) is 6.42 Å². The van der Waals surface area contributed by atoms with Crippen LogP contribution >= 0.6 is 0 Å². The summed E-state index contributed by atoms with van der Waals surface area (Å²) in [6.07, 6.45) is 4.89. The topological polar surface area (TPSA) is 46.5 Å². The summed E-state index contributed by atoms with van der Waals surface area (Å²) in [5.41, 5.74) is 2.05. The smallest absolute Gasteiger partial charge is 0.325 e. The second kappa shape index (κ2) is 5.74. The number of hydrogen-bond donors (Lipinski definition) is 1. The molecule has 2 unspecified atom stereocenters. The number of fused-ring (bicyclic) bond motifs is 2. The highest BCUT2D eigenvalue weighted by Crippen LogP contribution is 2.28. The predicted octanol–water partition coefficient (Wildman–Crippen LogP) is 2.43. The molecule has 2 bridgehead atoms. The van der Waals surface area contributed by atoms with Gasteiger partial charge in [0, 0.05) is 37.1 Å². The fraction of sp³-hybridized carbons (Fsp3) is 0.389. The van der Waals surface area contributed by atoms with E-state index < -0.39 is 0 Å². The normalized spacial score (nSPS) is 25.5. The van der Waals surface area contributed by atoms with Gasteiger partial charge in [-0.05, 0) is 42.6 Å². The van der Waals surface area contributed by atoms with Crippen molar-refractivity contribution in [3.8, 4) is 16.9 Å². The maximum absolute atomic E-state index is 12.5. The number of aromatic nitrogens is 1. The Morgan fingerprint density at radius 1 is 1.26 bits per heavy atom. The van der Waals surface area contributed by atoms with Crippen molar-refractivity contribution in [1.82, 2.24) is 14.8 Å². The van der Waals surface area contributed by atoms with Crippen LogP contribution in [0.5, 0.6) is 5.75 Å². The zero-order valence-corrected chi connectivity index (χ0v) is 13.2. The number of amides is 1. The summed E-state index contributed by atoms with van der Waals surface area (Å²) in [4.78, 5) is 14.9. The van der Waals surface area contributed by atoms with Crippen LogP contribution in [0.25, 0.3) is 11.1 Å². The minimum atomic E-state index is -0.0436. The zero-order chi connectivity index (χ0) is 15.8. The van der Waals surface area contributed by atoms with Crippen LogP contribution in [-0.2, 0) is 0 Å². The van der Waals surface area contributed by atoms with E-state index in [0.29, 0.717) is 12.0 Å². The van der Waals surface area contributed by atoms with E-state index in [1.54, 1.807) is 11.7 Å². The van der Waals surface area contributed by atoms with Gasteiger partial charge in [0.05, 0.1) is 7.11 Å². The van der Waals surface area contributed by atoms with Gasteiger partial charge >= 0.3 is 6.03 Å². The molecule has 1 aromatic carbocycles. The van der Waals surface area contributed by atoms with Gasteiger partial charge in [-0.3, -0.25) is 4.57 Å². The third kappa shape index (κ3) is 2.72. The molecule has 2 fully saturated rings. The molecule has 0 radical (unpaired) electrons. The molecule has 0 spiro atoms. The summed E-state index contributed by atoms with van der Waals surface area (Å²) in [5.74, 6) is 1.43. The Morgan fingerprint density at radius 3 is 2.91 bits per heavy atom. The van der Waals surface area contributed by atoms with Gasteiger partial charge in [-0.1, -0.05) is 12.1 Å². The SMILES string of the molecule is COc1cccc(-c2ccn(C(=O)NC3CN4CC[C@H]3C4)c2)c1. The first-order chi connectivity index (χ1) is 11.2. The lowest BCUT2D eigenvalue weighted by Crippen LogP contribution is -2.44. The fourth-order valence-electron chi connectivity index (χ4n) is 3.68. The van der Waals surface area contributed by atoms with E-state index in [2.05, 4.69) is 10.2 Å². The highest BCUT2D eigenvalue weighted by Gasteiger charge is 2.38. The van der Waals surface area contributed by atoms with Crippen LogP contribution in [0.15, 0.2) is 42.7 Å². The van der Waals surface area contributed by atoms with Crippen LogP contribution in [-0.4, -0.2) is 48.3 Å². The Hall–Kier alpha value is -2.27. The Morgan fingerprint density at radius 2 is 2.17 bits per heavy atom. The molecule has 3 atom stereocenters. The highest BCUT2D eigenvalue weighted by atomic mass is 16.5. The molecule has 1 aromatic heterocycles. The molecule has 2 aromatic rings. The third-order valence-electron chi connectivity index (χ3n) is 4.97. The van der Waals surface area contributed by atoms with Gasteiger partial charge in [0.15, 0.2) is 0 Å². The van der Waals surface area contributed by atoms with Gasteiger partial charge < -0.3 is 15.0 Å². The Bertz CT molecular complexity index is 725. The number of methoxy groups -OCH3 is 1. The number of nitrogens with one attached hydrogen (secondary N) is 1. The number of rotatable bonds is 3. The van der Waals surface area contributed by atoms with Crippen LogP contribution < -0.4 is 10.1 Å². The van der Waals surface area contributed by atoms with Crippen molar-refractivity contribution in [3.63, 3.8) is 0 Å². The van der Waals surface area contributed by atoms with Gasteiger partial charge in [-0.15, -0.1) is 0 Å². The molecule has 23 heavy (non-hydrogen) atoms. The number of ether oxygens (including phenoxy) is 1. The van der Waals surface area contributed by atoms with Crippen molar-refractivity contribution in [2.24, 2.45) is 5.92 Å². The van der Waals surface area contributed by atoms with E-state index >= 15 is 0 Å². The first-order valence-electron chi connectivity index (χ1n) is 8.08. The Labute approximate surface area is 135 Å². The second-order valence-electron chi connectivity index (χ2n) is 6.40. The lowest BCUT2D eigenvalue weighted by atomic mass is 10.0. The molecular formula is C18H21N3O2. The first-order valence-corrected chi connectivity index (χ1v) is 8.08. The monoisotopic (exact) mass is 311 g/mol. The number of benzene rings is 1. The molecule has 2 aliphatic rings. The highest BCUT2D eigenvalue weighted by molar-refractivity contribution is 5.79. The van der Waals surface area contributed by atoms with Crippen molar-refractivity contribution < 1.29 is 9.53 Å². The average molecular weight is 311 g/mol. The van der Waals surface area contributed by atoms with Crippen LogP contribution in [0, 0.1) is 5.92 Å². The first kappa shape index (κ1) is 14.3. The molecule has 5 heteroatoms. The van der Waals surface area contributed by atoms with Gasteiger partial charge in [0.25, 0.3) is 0 Å². The van der Waals surface area contributed by atoms with E-state index in [1.165, 1.54) is 13.0 Å². The van der Waals surface area contributed by atoms with Gasteiger partial charge in [-0.2, -0.15) is 0 Å². The second-order valence-corrected chi connectivity index (χ2v) is 6.40. The molecule has 1 N–H and O–H groups in total.